The number of hydrogen-bond acceptors (Lipinski definition) is 4. The Balaban J connectivity index is 1.85. The summed E-state index contributed by atoms with van der Waals surface area (Å²) in [5.74, 6) is -4.14. The maximum absolute atomic E-state index is 13.5. The smallest absolute Gasteiger partial charge is 0.284 e. The third-order valence-corrected chi connectivity index (χ3v) is 5.10. The van der Waals surface area contributed by atoms with Crippen LogP contribution < -0.4 is 15.1 Å². The molecule has 0 saturated heterocycles. The standard InChI is InChI=1S/C20H18ClF2N3O3/c1-12-20(21,17(27)24-14-6-4-5-13(11-14)19(2,22)23)18(28)26(25-12)15-7-9-16(29-3)10-8-15/h4-11H,1-3H3,(H,24,27). The third-order valence-electron chi connectivity index (χ3n) is 4.49. The molecule has 0 aliphatic carbocycles. The first-order chi connectivity index (χ1) is 13.6. The van der Waals surface area contributed by atoms with Crippen LogP contribution in [0.4, 0.5) is 20.2 Å². The summed E-state index contributed by atoms with van der Waals surface area (Å²) in [6, 6.07) is 11.7. The van der Waals surface area contributed by atoms with Crippen molar-refractivity contribution in [2.24, 2.45) is 5.10 Å². The highest BCUT2D eigenvalue weighted by molar-refractivity contribution is 6.61. The van der Waals surface area contributed by atoms with Gasteiger partial charge in [-0.3, -0.25) is 9.59 Å². The zero-order chi connectivity index (χ0) is 21.4. The minimum absolute atomic E-state index is 0.0643. The summed E-state index contributed by atoms with van der Waals surface area (Å²) in [7, 11) is 1.51. The number of alkyl halides is 3. The van der Waals surface area contributed by atoms with E-state index < -0.39 is 22.6 Å². The maximum Gasteiger partial charge on any atom is 0.284 e. The number of benzene rings is 2. The molecule has 1 aliphatic heterocycles. The van der Waals surface area contributed by atoms with Crippen LogP contribution in [0.5, 0.6) is 5.75 Å². The number of methoxy groups -OCH3 is 1. The molecular weight excluding hydrogens is 404 g/mol. The van der Waals surface area contributed by atoms with Crippen molar-refractivity contribution >= 4 is 40.5 Å². The lowest BCUT2D eigenvalue weighted by atomic mass is 10.0. The summed E-state index contributed by atoms with van der Waals surface area (Å²) in [5.41, 5.74) is 0.284. The number of halogens is 3. The summed E-state index contributed by atoms with van der Waals surface area (Å²) in [6.45, 7) is 2.20. The van der Waals surface area contributed by atoms with Gasteiger partial charge < -0.3 is 10.1 Å². The van der Waals surface area contributed by atoms with Gasteiger partial charge in [0, 0.05) is 18.2 Å². The van der Waals surface area contributed by atoms with Crippen LogP contribution in [0.15, 0.2) is 53.6 Å². The molecule has 2 amide bonds. The zero-order valence-corrected chi connectivity index (χ0v) is 16.6. The van der Waals surface area contributed by atoms with Crippen molar-refractivity contribution < 1.29 is 23.1 Å². The van der Waals surface area contributed by atoms with E-state index in [4.69, 9.17) is 16.3 Å². The first-order valence-corrected chi connectivity index (χ1v) is 8.98. The highest BCUT2D eigenvalue weighted by atomic mass is 35.5. The van der Waals surface area contributed by atoms with Gasteiger partial charge in [-0.1, -0.05) is 23.7 Å². The van der Waals surface area contributed by atoms with Crippen LogP contribution in [0.1, 0.15) is 19.4 Å². The minimum Gasteiger partial charge on any atom is -0.497 e. The quantitative estimate of drug-likeness (QED) is 0.582. The number of amides is 2. The van der Waals surface area contributed by atoms with Crippen molar-refractivity contribution in [3.63, 3.8) is 0 Å². The summed E-state index contributed by atoms with van der Waals surface area (Å²) >= 11 is 6.40. The molecule has 152 valence electrons. The minimum atomic E-state index is -3.08. The second kappa shape index (κ2) is 7.44. The lowest BCUT2D eigenvalue weighted by molar-refractivity contribution is -0.126. The first kappa shape index (κ1) is 20.7. The van der Waals surface area contributed by atoms with E-state index in [0.29, 0.717) is 11.4 Å². The highest BCUT2D eigenvalue weighted by Crippen LogP contribution is 2.34. The van der Waals surface area contributed by atoms with Crippen molar-refractivity contribution in [3.8, 4) is 5.75 Å². The third kappa shape index (κ3) is 3.80. The van der Waals surface area contributed by atoms with Crippen LogP contribution in [0.3, 0.4) is 0 Å². The number of anilines is 2. The Kier molecular flexibility index (Phi) is 5.32. The molecule has 2 aromatic rings. The van der Waals surface area contributed by atoms with Gasteiger partial charge in [-0.15, -0.1) is 0 Å². The number of hydrazone groups is 1. The zero-order valence-electron chi connectivity index (χ0n) is 15.9. The Morgan fingerprint density at radius 1 is 1.24 bits per heavy atom. The molecule has 0 fully saturated rings. The molecule has 0 bridgehead atoms. The number of nitrogens with one attached hydrogen (secondary N) is 1. The first-order valence-electron chi connectivity index (χ1n) is 8.60. The molecule has 0 spiro atoms. The molecule has 1 unspecified atom stereocenters. The summed E-state index contributed by atoms with van der Waals surface area (Å²) in [6.07, 6.45) is 0. The van der Waals surface area contributed by atoms with Crippen molar-refractivity contribution in [1.82, 2.24) is 0 Å². The molecule has 0 saturated carbocycles. The van der Waals surface area contributed by atoms with Crippen LogP contribution in [0.25, 0.3) is 0 Å². The van der Waals surface area contributed by atoms with Gasteiger partial charge in [0.2, 0.25) is 4.87 Å². The van der Waals surface area contributed by atoms with E-state index in [0.717, 1.165) is 18.0 Å². The van der Waals surface area contributed by atoms with Gasteiger partial charge >= 0.3 is 0 Å². The number of rotatable bonds is 5. The fourth-order valence-electron chi connectivity index (χ4n) is 2.81. The molecule has 3 rings (SSSR count). The predicted molar refractivity (Wildman–Crippen MR) is 107 cm³/mol. The normalized spacial score (nSPS) is 19.2. The van der Waals surface area contributed by atoms with E-state index >= 15 is 0 Å². The Hall–Kier alpha value is -3.00. The predicted octanol–water partition coefficient (Wildman–Crippen LogP) is 4.15. The van der Waals surface area contributed by atoms with E-state index in [9.17, 15) is 18.4 Å². The highest BCUT2D eigenvalue weighted by Gasteiger charge is 2.54. The van der Waals surface area contributed by atoms with E-state index in [1.807, 2.05) is 0 Å². The van der Waals surface area contributed by atoms with E-state index in [1.54, 1.807) is 24.3 Å². The van der Waals surface area contributed by atoms with Gasteiger partial charge in [0.1, 0.15) is 5.75 Å². The monoisotopic (exact) mass is 421 g/mol. The van der Waals surface area contributed by atoms with Gasteiger partial charge in [-0.05, 0) is 43.3 Å². The lowest BCUT2D eigenvalue weighted by Crippen LogP contribution is -2.50. The molecule has 0 aromatic heterocycles. The molecule has 0 radical (unpaired) electrons. The Morgan fingerprint density at radius 2 is 1.90 bits per heavy atom. The molecule has 29 heavy (non-hydrogen) atoms. The lowest BCUT2D eigenvalue weighted by Gasteiger charge is -2.21. The number of hydrogen-bond donors (Lipinski definition) is 1. The summed E-state index contributed by atoms with van der Waals surface area (Å²) in [5, 5.41) is 7.58. The van der Waals surface area contributed by atoms with Crippen molar-refractivity contribution in [2.45, 2.75) is 24.6 Å². The maximum atomic E-state index is 13.5. The van der Waals surface area contributed by atoms with Gasteiger partial charge in [-0.2, -0.15) is 10.1 Å². The molecule has 1 aliphatic rings. The van der Waals surface area contributed by atoms with Gasteiger partial charge in [-0.25, -0.2) is 8.78 Å². The average molecular weight is 422 g/mol. The Morgan fingerprint density at radius 3 is 2.48 bits per heavy atom. The van der Waals surface area contributed by atoms with Crippen molar-refractivity contribution in [2.75, 3.05) is 17.4 Å². The van der Waals surface area contributed by atoms with E-state index in [2.05, 4.69) is 10.4 Å². The largest absolute Gasteiger partial charge is 0.497 e. The second-order valence-electron chi connectivity index (χ2n) is 6.58. The topological polar surface area (TPSA) is 71.0 Å². The van der Waals surface area contributed by atoms with Crippen LogP contribution in [0, 0.1) is 0 Å². The Labute approximate surface area is 171 Å². The summed E-state index contributed by atoms with van der Waals surface area (Å²) in [4.78, 5) is 23.6. The van der Waals surface area contributed by atoms with E-state index in [1.165, 1.54) is 32.2 Å². The van der Waals surface area contributed by atoms with Crippen molar-refractivity contribution in [3.05, 3.63) is 54.1 Å². The van der Waals surface area contributed by atoms with Crippen LogP contribution >= 0.6 is 11.6 Å². The van der Waals surface area contributed by atoms with Crippen LogP contribution in [-0.2, 0) is 15.5 Å². The Bertz CT molecular complexity index is 989. The number of carbonyl (C=O) groups is 2. The number of carbonyl (C=O) groups excluding carboxylic acids is 2. The summed E-state index contributed by atoms with van der Waals surface area (Å²) < 4.78 is 32.2. The molecular formula is C20H18ClF2N3O3. The fourth-order valence-corrected chi connectivity index (χ4v) is 2.98. The van der Waals surface area contributed by atoms with Gasteiger partial charge in [0.25, 0.3) is 17.7 Å². The van der Waals surface area contributed by atoms with Crippen LogP contribution in [0.2, 0.25) is 0 Å². The molecule has 1 N–H and O–H groups in total. The number of nitrogens with zero attached hydrogens (tertiary/aromatic N) is 2. The van der Waals surface area contributed by atoms with Gasteiger partial charge in [0.15, 0.2) is 0 Å². The fraction of sp³-hybridized carbons (Fsp3) is 0.250. The van der Waals surface area contributed by atoms with Gasteiger partial charge in [0.05, 0.1) is 18.5 Å². The molecule has 1 atom stereocenters. The average Bonchev–Trinajstić information content (AvgIpc) is 2.92. The number of ether oxygens (including phenoxy) is 1. The van der Waals surface area contributed by atoms with Crippen LogP contribution in [-0.4, -0.2) is 29.5 Å². The molecule has 9 heteroatoms. The molecule has 1 heterocycles. The molecule has 2 aromatic carbocycles. The molecule has 6 nitrogen and oxygen atoms in total. The van der Waals surface area contributed by atoms with E-state index in [-0.39, 0.29) is 17.0 Å². The van der Waals surface area contributed by atoms with Crippen molar-refractivity contribution in [1.29, 1.82) is 0 Å². The SMILES string of the molecule is COc1ccc(N2N=C(C)C(Cl)(C(=O)Nc3cccc(C(C)(F)F)c3)C2=O)cc1. The second-order valence-corrected chi connectivity index (χ2v) is 7.15.